The van der Waals surface area contributed by atoms with E-state index >= 15 is 0 Å². The normalized spacial score (nSPS) is 9.77. The van der Waals surface area contributed by atoms with Gasteiger partial charge in [0.05, 0.1) is 6.42 Å². The zero-order valence-electron chi connectivity index (χ0n) is 8.43. The van der Waals surface area contributed by atoms with E-state index in [4.69, 9.17) is 5.73 Å². The van der Waals surface area contributed by atoms with Gasteiger partial charge in [0.2, 0.25) is 12.0 Å². The van der Waals surface area contributed by atoms with Crippen molar-refractivity contribution in [1.29, 1.82) is 0 Å². The fourth-order valence-electron chi connectivity index (χ4n) is 0.762. The molecule has 0 aliphatic rings. The molecule has 0 aliphatic carbocycles. The average Bonchev–Trinajstić information content (AvgIpc) is 1.83. The molecule has 2 N–H and O–H groups in total. The van der Waals surface area contributed by atoms with Gasteiger partial charge in [0.15, 0.2) is 0 Å². The van der Waals surface area contributed by atoms with E-state index in [9.17, 15) is 9.59 Å². The smallest absolute Gasteiger partial charge is 0.632 e. The van der Waals surface area contributed by atoms with Gasteiger partial charge in [-0.3, -0.25) is 9.59 Å². The third-order valence-electron chi connectivity index (χ3n) is 1.23. The summed E-state index contributed by atoms with van der Waals surface area (Å²) in [5.41, 5.74) is 5.64. The van der Waals surface area contributed by atoms with Crippen LogP contribution < -0.4 is 56.7 Å². The van der Waals surface area contributed by atoms with Crippen molar-refractivity contribution in [1.82, 2.24) is 5.32 Å². The van der Waals surface area contributed by atoms with Crippen molar-refractivity contribution in [3.05, 3.63) is 5.73 Å². The minimum atomic E-state index is -1.12. The van der Waals surface area contributed by atoms with E-state index in [1.54, 1.807) is 13.8 Å². The Morgan fingerprint density at radius 3 is 2.23 bits per heavy atom. The van der Waals surface area contributed by atoms with Gasteiger partial charge < -0.3 is 15.8 Å². The predicted octanol–water partition coefficient (Wildman–Crippen LogP) is -1.91. The van der Waals surface area contributed by atoms with Gasteiger partial charge in [-0.25, -0.2) is 0 Å². The Kier molecular flexibility index (Phi) is 8.25. The van der Waals surface area contributed by atoms with Gasteiger partial charge in [-0.15, -0.1) is 0 Å². The Bertz CT molecular complexity index is 194. The summed E-state index contributed by atoms with van der Waals surface area (Å²) in [6, 6.07) is 0. The van der Waals surface area contributed by atoms with Crippen molar-refractivity contribution in [3.8, 4) is 0 Å². The first-order valence-electron chi connectivity index (χ1n) is 3.52. The van der Waals surface area contributed by atoms with Crippen LogP contribution in [0.2, 0.25) is 0 Å². The molecule has 0 saturated heterocycles. The van der Waals surface area contributed by atoms with Crippen molar-refractivity contribution in [2.24, 2.45) is 0 Å². The molecule has 0 fully saturated rings. The second-order valence-electron chi connectivity index (χ2n) is 3.00. The molecule has 0 aromatic heterocycles. The SMILES string of the molecule is CNC(=O)CC(C)(C)OC([NH-])=O.[K+]. The summed E-state index contributed by atoms with van der Waals surface area (Å²) in [4.78, 5) is 21.1. The third-order valence-corrected chi connectivity index (χ3v) is 1.23. The van der Waals surface area contributed by atoms with Crippen molar-refractivity contribution in [3.63, 3.8) is 0 Å². The predicted molar refractivity (Wildman–Crippen MR) is 43.6 cm³/mol. The van der Waals surface area contributed by atoms with E-state index in [0.717, 1.165) is 0 Å². The van der Waals surface area contributed by atoms with Crippen LogP contribution in [-0.4, -0.2) is 24.6 Å². The number of ether oxygens (including phenoxy) is 1. The molecule has 0 heterocycles. The Morgan fingerprint density at radius 2 is 1.92 bits per heavy atom. The second-order valence-corrected chi connectivity index (χ2v) is 3.00. The molecule has 5 nitrogen and oxygen atoms in total. The Labute approximate surface area is 120 Å². The first kappa shape index (κ1) is 15.8. The van der Waals surface area contributed by atoms with Crippen LogP contribution in [-0.2, 0) is 9.53 Å². The van der Waals surface area contributed by atoms with Crippen LogP contribution in [0.1, 0.15) is 20.3 Å². The fraction of sp³-hybridized carbons (Fsp3) is 0.714. The summed E-state index contributed by atoms with van der Waals surface area (Å²) >= 11 is 0. The van der Waals surface area contributed by atoms with E-state index in [2.05, 4.69) is 10.1 Å². The van der Waals surface area contributed by atoms with Crippen molar-refractivity contribution >= 4 is 12.0 Å². The summed E-state index contributed by atoms with van der Waals surface area (Å²) in [7, 11) is 1.50. The molecule has 6 heteroatoms. The minimum Gasteiger partial charge on any atom is -0.632 e. The van der Waals surface area contributed by atoms with E-state index < -0.39 is 11.7 Å². The molecule has 0 aliphatic heterocycles. The van der Waals surface area contributed by atoms with Crippen LogP contribution in [0.4, 0.5) is 4.79 Å². The maximum atomic E-state index is 10.8. The zero-order chi connectivity index (χ0) is 9.78. The van der Waals surface area contributed by atoms with E-state index in [1.165, 1.54) is 7.05 Å². The number of carbonyl (C=O) groups excluding carboxylic acids is 2. The van der Waals surface area contributed by atoms with Gasteiger partial charge in [-0.2, -0.15) is 0 Å². The van der Waals surface area contributed by atoms with Crippen LogP contribution in [0.3, 0.4) is 0 Å². The molecule has 0 atom stereocenters. The number of nitrogens with one attached hydrogen (secondary N) is 2. The van der Waals surface area contributed by atoms with Crippen molar-refractivity contribution in [2.45, 2.75) is 25.9 Å². The van der Waals surface area contributed by atoms with Gasteiger partial charge in [-0.05, 0) is 13.8 Å². The molecule has 0 spiro atoms. The van der Waals surface area contributed by atoms with Crippen molar-refractivity contribution < 1.29 is 65.7 Å². The number of rotatable bonds is 3. The van der Waals surface area contributed by atoms with Gasteiger partial charge >= 0.3 is 51.4 Å². The summed E-state index contributed by atoms with van der Waals surface area (Å²) in [5.74, 6) is -0.221. The summed E-state index contributed by atoms with van der Waals surface area (Å²) in [6.07, 6.45) is -1.06. The van der Waals surface area contributed by atoms with Gasteiger partial charge in [0.1, 0.15) is 5.60 Å². The molecule has 0 aromatic rings. The number of hydrogen-bond acceptors (Lipinski definition) is 3. The third kappa shape index (κ3) is 8.70. The number of carbonyl (C=O) groups is 2. The minimum absolute atomic E-state index is 0. The Hall–Kier alpha value is 0.376. The van der Waals surface area contributed by atoms with Crippen LogP contribution in [0, 0.1) is 0 Å². The quantitative estimate of drug-likeness (QED) is 0.555. The maximum Gasteiger partial charge on any atom is 1.00 e. The first-order valence-corrected chi connectivity index (χ1v) is 3.52. The molecule has 0 saturated carbocycles. The van der Waals surface area contributed by atoms with Crippen molar-refractivity contribution in [2.75, 3.05) is 7.05 Å². The molecule has 2 amide bonds. The van der Waals surface area contributed by atoms with Gasteiger partial charge in [-0.1, -0.05) is 0 Å². The Balaban J connectivity index is 0. The summed E-state index contributed by atoms with van der Waals surface area (Å²) in [6.45, 7) is 3.16. The van der Waals surface area contributed by atoms with Crippen LogP contribution in [0.5, 0.6) is 0 Å². The number of hydrogen-bond donors (Lipinski definition) is 1. The standard InChI is InChI=1S/C7H14N2O3.K/c1-7(2,12-6(8)11)4-5(10)9-3;/h4H2,1-3H3,(H3,8,9,10,11);/q;+1/p-1. The molecule has 0 radical (unpaired) electrons. The van der Waals surface area contributed by atoms with Gasteiger partial charge in [0.25, 0.3) is 0 Å². The molecular formula is C7H13KN2O3. The molecule has 70 valence electrons. The fourth-order valence-corrected chi connectivity index (χ4v) is 0.762. The van der Waals surface area contributed by atoms with Crippen LogP contribution in [0.15, 0.2) is 0 Å². The van der Waals surface area contributed by atoms with Crippen LogP contribution >= 0.6 is 0 Å². The van der Waals surface area contributed by atoms with Gasteiger partial charge in [0, 0.05) is 7.05 Å². The largest absolute Gasteiger partial charge is 1.00 e. The van der Waals surface area contributed by atoms with E-state index in [-0.39, 0.29) is 63.7 Å². The topological polar surface area (TPSA) is 79.2 Å². The average molecular weight is 212 g/mol. The zero-order valence-corrected chi connectivity index (χ0v) is 11.6. The van der Waals surface area contributed by atoms with E-state index in [1.807, 2.05) is 0 Å². The molecule has 13 heavy (non-hydrogen) atoms. The monoisotopic (exact) mass is 212 g/mol. The van der Waals surface area contributed by atoms with Crippen LogP contribution in [0.25, 0.3) is 5.73 Å². The molecule has 0 unspecified atom stereocenters. The molecular weight excluding hydrogens is 199 g/mol. The Morgan fingerprint density at radius 1 is 1.46 bits per heavy atom. The molecule has 0 bridgehead atoms. The molecule has 0 rings (SSSR count). The molecule has 0 aromatic carbocycles. The first-order chi connectivity index (χ1) is 5.37. The second kappa shape index (κ2) is 6.77. The number of amides is 2. The maximum absolute atomic E-state index is 10.8. The van der Waals surface area contributed by atoms with E-state index in [0.29, 0.717) is 0 Å². The summed E-state index contributed by atoms with van der Waals surface area (Å²) < 4.78 is 4.58. The summed E-state index contributed by atoms with van der Waals surface area (Å²) in [5, 5.41) is 2.40.